The maximum Gasteiger partial charge on any atom is 0.328 e. The Morgan fingerprint density at radius 2 is 1.48 bits per heavy atom. The van der Waals surface area contributed by atoms with Crippen molar-refractivity contribution < 1.29 is 23.9 Å². The van der Waals surface area contributed by atoms with Crippen molar-refractivity contribution in [2.45, 2.75) is 78.2 Å². The Bertz CT molecular complexity index is 357. The van der Waals surface area contributed by atoms with Crippen LogP contribution in [0.25, 0.3) is 0 Å². The molecule has 0 aliphatic rings. The number of carbonyl (C=O) groups excluding carboxylic acids is 3. The number of ether oxygens (including phenoxy) is 2. The normalized spacial score (nSPS) is 11.6. The molecule has 0 aliphatic carbocycles. The molecule has 0 unspecified atom stereocenters. The van der Waals surface area contributed by atoms with Gasteiger partial charge >= 0.3 is 11.9 Å². The summed E-state index contributed by atoms with van der Waals surface area (Å²) in [5.74, 6) is -1.16. The summed E-state index contributed by atoms with van der Waals surface area (Å²) >= 11 is 0. The van der Waals surface area contributed by atoms with Crippen LogP contribution in [-0.4, -0.2) is 37.1 Å². The van der Waals surface area contributed by atoms with Crippen LogP contribution < -0.4 is 5.32 Å². The molecular formula is C17H31NO5. The second-order valence-electron chi connectivity index (χ2n) is 5.59. The Morgan fingerprint density at radius 1 is 0.913 bits per heavy atom. The highest BCUT2D eigenvalue weighted by atomic mass is 16.5. The first-order valence-corrected chi connectivity index (χ1v) is 8.60. The van der Waals surface area contributed by atoms with Crippen LogP contribution in [0.15, 0.2) is 0 Å². The van der Waals surface area contributed by atoms with Crippen LogP contribution in [0.5, 0.6) is 0 Å². The summed E-state index contributed by atoms with van der Waals surface area (Å²) in [5, 5.41) is 2.53. The van der Waals surface area contributed by atoms with E-state index in [1.54, 1.807) is 0 Å². The molecule has 134 valence electrons. The van der Waals surface area contributed by atoms with E-state index in [4.69, 9.17) is 9.47 Å². The zero-order valence-corrected chi connectivity index (χ0v) is 14.7. The molecule has 1 N–H and O–H groups in total. The maximum absolute atomic E-state index is 12.0. The van der Waals surface area contributed by atoms with Crippen molar-refractivity contribution in [3.05, 3.63) is 0 Å². The molecule has 0 heterocycles. The molecule has 23 heavy (non-hydrogen) atoms. The van der Waals surface area contributed by atoms with Gasteiger partial charge in [0.1, 0.15) is 6.04 Å². The van der Waals surface area contributed by atoms with Gasteiger partial charge in [-0.3, -0.25) is 9.59 Å². The number of carbonyl (C=O) groups is 3. The molecule has 0 rings (SSSR count). The summed E-state index contributed by atoms with van der Waals surface area (Å²) in [4.78, 5) is 34.8. The van der Waals surface area contributed by atoms with Crippen molar-refractivity contribution in [2.75, 3.05) is 13.2 Å². The summed E-state index contributed by atoms with van der Waals surface area (Å²) in [6, 6.07) is -0.794. The Balaban J connectivity index is 4.14. The average Bonchev–Trinajstić information content (AvgIpc) is 2.51. The Hall–Kier alpha value is -1.59. The van der Waals surface area contributed by atoms with Crippen molar-refractivity contribution in [3.8, 4) is 0 Å². The van der Waals surface area contributed by atoms with Crippen LogP contribution >= 0.6 is 0 Å². The smallest absolute Gasteiger partial charge is 0.328 e. The number of amides is 1. The molecule has 1 atom stereocenters. The minimum Gasteiger partial charge on any atom is -0.466 e. The Labute approximate surface area is 139 Å². The van der Waals surface area contributed by atoms with Crippen molar-refractivity contribution >= 4 is 17.8 Å². The Kier molecular flexibility index (Phi) is 13.1. The molecule has 0 aromatic carbocycles. The van der Waals surface area contributed by atoms with Crippen molar-refractivity contribution in [2.24, 2.45) is 0 Å². The summed E-state index contributed by atoms with van der Waals surface area (Å²) in [7, 11) is 0. The molecule has 0 bridgehead atoms. The Morgan fingerprint density at radius 3 is 2.00 bits per heavy atom. The van der Waals surface area contributed by atoms with Gasteiger partial charge in [0.05, 0.1) is 13.2 Å². The zero-order chi connectivity index (χ0) is 17.5. The van der Waals surface area contributed by atoms with Crippen LogP contribution in [0.1, 0.15) is 72.1 Å². The van der Waals surface area contributed by atoms with Gasteiger partial charge in [-0.1, -0.05) is 39.5 Å². The fraction of sp³-hybridized carbons (Fsp3) is 0.824. The van der Waals surface area contributed by atoms with Crippen LogP contribution in [0.3, 0.4) is 0 Å². The monoisotopic (exact) mass is 329 g/mol. The molecule has 6 heteroatoms. The number of hydrogen-bond acceptors (Lipinski definition) is 5. The highest BCUT2D eigenvalue weighted by Gasteiger charge is 2.22. The van der Waals surface area contributed by atoms with E-state index < -0.39 is 12.0 Å². The van der Waals surface area contributed by atoms with Crippen LogP contribution in [-0.2, 0) is 23.9 Å². The van der Waals surface area contributed by atoms with E-state index in [-0.39, 0.29) is 24.7 Å². The quantitative estimate of drug-likeness (QED) is 0.415. The van der Waals surface area contributed by atoms with Gasteiger partial charge in [-0.2, -0.15) is 0 Å². The topological polar surface area (TPSA) is 81.7 Å². The highest BCUT2D eigenvalue weighted by molar-refractivity contribution is 5.83. The van der Waals surface area contributed by atoms with Crippen molar-refractivity contribution in [1.82, 2.24) is 5.32 Å². The first-order chi connectivity index (χ1) is 11.0. The molecule has 0 saturated carbocycles. The highest BCUT2D eigenvalue weighted by Crippen LogP contribution is 2.05. The van der Waals surface area contributed by atoms with Crippen LogP contribution in [0.4, 0.5) is 0 Å². The second kappa shape index (κ2) is 14.0. The number of rotatable bonds is 13. The lowest BCUT2D eigenvalue weighted by Gasteiger charge is -2.16. The molecule has 0 aromatic heterocycles. The molecule has 0 fully saturated rings. The number of hydrogen-bond donors (Lipinski definition) is 1. The van der Waals surface area contributed by atoms with Gasteiger partial charge in [0.2, 0.25) is 5.91 Å². The summed E-state index contributed by atoms with van der Waals surface area (Å²) < 4.78 is 10.2. The minimum absolute atomic E-state index is 0.0845. The van der Waals surface area contributed by atoms with E-state index in [1.165, 1.54) is 6.92 Å². The molecule has 1 amide bonds. The van der Waals surface area contributed by atoms with E-state index >= 15 is 0 Å². The summed E-state index contributed by atoms with van der Waals surface area (Å²) in [5.41, 5.74) is 0. The molecule has 0 aromatic rings. The van der Waals surface area contributed by atoms with E-state index in [2.05, 4.69) is 19.2 Å². The van der Waals surface area contributed by atoms with Gasteiger partial charge in [0.25, 0.3) is 0 Å². The number of esters is 2. The third kappa shape index (κ3) is 12.6. The van der Waals surface area contributed by atoms with Crippen LogP contribution in [0.2, 0.25) is 0 Å². The first-order valence-electron chi connectivity index (χ1n) is 8.60. The lowest BCUT2D eigenvalue weighted by Crippen LogP contribution is -2.41. The molecular weight excluding hydrogens is 298 g/mol. The van der Waals surface area contributed by atoms with E-state index in [0.717, 1.165) is 38.5 Å². The van der Waals surface area contributed by atoms with E-state index in [9.17, 15) is 14.4 Å². The number of nitrogens with one attached hydrogen (secondary N) is 1. The average molecular weight is 329 g/mol. The lowest BCUT2D eigenvalue weighted by molar-refractivity contribution is -0.149. The fourth-order valence-electron chi connectivity index (χ4n) is 1.99. The van der Waals surface area contributed by atoms with Gasteiger partial charge in [-0.25, -0.2) is 4.79 Å². The van der Waals surface area contributed by atoms with Gasteiger partial charge in [-0.05, 0) is 19.3 Å². The van der Waals surface area contributed by atoms with Gasteiger partial charge in [-0.15, -0.1) is 0 Å². The van der Waals surface area contributed by atoms with Gasteiger partial charge in [0.15, 0.2) is 0 Å². The third-order valence-corrected chi connectivity index (χ3v) is 3.30. The van der Waals surface area contributed by atoms with Crippen LogP contribution in [0, 0.1) is 0 Å². The number of unbranched alkanes of at least 4 members (excludes halogenated alkanes) is 4. The predicted octanol–water partition coefficient (Wildman–Crippen LogP) is 2.74. The maximum atomic E-state index is 12.0. The second-order valence-corrected chi connectivity index (χ2v) is 5.59. The predicted molar refractivity (Wildman–Crippen MR) is 87.8 cm³/mol. The molecule has 0 spiro atoms. The third-order valence-electron chi connectivity index (χ3n) is 3.30. The molecule has 6 nitrogen and oxygen atoms in total. The minimum atomic E-state index is -0.794. The fourth-order valence-corrected chi connectivity index (χ4v) is 1.99. The first kappa shape index (κ1) is 21.4. The standard InChI is InChI=1S/C17H31NO5/c1-4-6-8-12-22-16(20)11-10-15(18-14(3)19)17(21)23-13-9-7-5-2/h15H,4-13H2,1-3H3,(H,18,19)/t15-/m0/s1. The SMILES string of the molecule is CCCCCOC(=O)CC[C@H](NC(C)=O)C(=O)OCCCCC. The summed E-state index contributed by atoms with van der Waals surface area (Å²) in [6.45, 7) is 6.21. The van der Waals surface area contributed by atoms with Crippen molar-refractivity contribution in [3.63, 3.8) is 0 Å². The van der Waals surface area contributed by atoms with Gasteiger partial charge < -0.3 is 14.8 Å². The van der Waals surface area contributed by atoms with E-state index in [0.29, 0.717) is 13.2 Å². The molecule has 0 radical (unpaired) electrons. The van der Waals surface area contributed by atoms with Gasteiger partial charge in [0, 0.05) is 13.3 Å². The van der Waals surface area contributed by atoms with Crippen molar-refractivity contribution in [1.29, 1.82) is 0 Å². The summed E-state index contributed by atoms with van der Waals surface area (Å²) in [6.07, 6.45) is 6.03. The lowest BCUT2D eigenvalue weighted by atomic mass is 10.1. The zero-order valence-electron chi connectivity index (χ0n) is 14.7. The molecule has 0 saturated heterocycles. The molecule has 0 aliphatic heterocycles. The largest absolute Gasteiger partial charge is 0.466 e. The van der Waals surface area contributed by atoms with E-state index in [1.807, 2.05) is 0 Å².